The van der Waals surface area contributed by atoms with Crippen molar-refractivity contribution in [1.82, 2.24) is 15.3 Å². The van der Waals surface area contributed by atoms with Gasteiger partial charge in [-0.1, -0.05) is 12.1 Å². The van der Waals surface area contributed by atoms with E-state index in [1.165, 1.54) is 24.3 Å². The van der Waals surface area contributed by atoms with E-state index in [-0.39, 0.29) is 34.3 Å². The Morgan fingerprint density at radius 2 is 1.74 bits per heavy atom. The summed E-state index contributed by atoms with van der Waals surface area (Å²) >= 11 is 0. The molecule has 0 fully saturated rings. The first-order valence-electron chi connectivity index (χ1n) is 8.53. The van der Waals surface area contributed by atoms with Gasteiger partial charge in [0.1, 0.15) is 5.78 Å². The summed E-state index contributed by atoms with van der Waals surface area (Å²) < 4.78 is 12.0. The summed E-state index contributed by atoms with van der Waals surface area (Å²) in [4.78, 5) is 68.7. The van der Waals surface area contributed by atoms with Crippen LogP contribution in [0, 0.1) is 10.1 Å². The van der Waals surface area contributed by atoms with E-state index in [0.29, 0.717) is 0 Å². The molecule has 13 nitrogen and oxygen atoms in total. The largest absolute Gasteiger partial charge is 0.478 e. The lowest BCUT2D eigenvalue weighted by Crippen LogP contribution is -2.29. The zero-order valence-electron chi connectivity index (χ0n) is 15.4. The topological polar surface area (TPSA) is 216 Å². The lowest BCUT2D eigenvalue weighted by molar-refractivity contribution is -0.384. The summed E-state index contributed by atoms with van der Waals surface area (Å²) in [6.45, 7) is -0.337. The van der Waals surface area contributed by atoms with Crippen molar-refractivity contribution in [2.24, 2.45) is 0 Å². The number of hydrogen-bond donors (Lipinski definition) is 6. The number of nitrogens with one attached hydrogen (secondary N) is 3. The van der Waals surface area contributed by atoms with Gasteiger partial charge in [-0.25, -0.2) is 4.79 Å². The molecule has 2 aromatic carbocycles. The second-order valence-corrected chi connectivity index (χ2v) is 8.19. The average molecular weight is 450 g/mol. The van der Waals surface area contributed by atoms with Crippen LogP contribution in [0.5, 0.6) is 0 Å². The third-order valence-corrected chi connectivity index (χ3v) is 5.56. The second kappa shape index (κ2) is 8.24. The first-order valence-corrected chi connectivity index (χ1v) is 10.2. The predicted octanol–water partition coefficient (Wildman–Crippen LogP) is 0.789. The van der Waals surface area contributed by atoms with Crippen LogP contribution in [0.3, 0.4) is 0 Å². The van der Waals surface area contributed by atoms with Gasteiger partial charge in [-0.05, 0) is 23.3 Å². The second-order valence-electron chi connectivity index (χ2n) is 6.49. The van der Waals surface area contributed by atoms with Crippen LogP contribution in [0.4, 0.5) is 5.69 Å². The summed E-state index contributed by atoms with van der Waals surface area (Å²) in [5.74, 6) is -2.78. The number of carbonyl (C=O) groups is 1. The number of aromatic amines is 2. The van der Waals surface area contributed by atoms with Crippen LogP contribution >= 0.6 is 7.60 Å². The van der Waals surface area contributed by atoms with Crippen LogP contribution in [0.1, 0.15) is 27.3 Å². The molecule has 6 N–H and O–H groups in total. The van der Waals surface area contributed by atoms with Crippen LogP contribution in [0.25, 0.3) is 11.0 Å². The van der Waals surface area contributed by atoms with Gasteiger partial charge in [0.25, 0.3) is 5.69 Å². The molecule has 1 atom stereocenters. The van der Waals surface area contributed by atoms with Crippen molar-refractivity contribution < 1.29 is 29.2 Å². The summed E-state index contributed by atoms with van der Waals surface area (Å²) in [6.07, 6.45) is 0. The van der Waals surface area contributed by atoms with E-state index in [1.54, 1.807) is 0 Å². The normalized spacial score (nSPS) is 12.6. The van der Waals surface area contributed by atoms with Crippen molar-refractivity contribution in [2.75, 3.05) is 0 Å². The molecule has 0 spiro atoms. The van der Waals surface area contributed by atoms with Gasteiger partial charge in [0, 0.05) is 18.7 Å². The van der Waals surface area contributed by atoms with Gasteiger partial charge < -0.3 is 24.9 Å². The van der Waals surface area contributed by atoms with Crippen molar-refractivity contribution in [3.05, 3.63) is 83.9 Å². The number of aromatic carboxylic acids is 1. The van der Waals surface area contributed by atoms with E-state index >= 15 is 0 Å². The lowest BCUT2D eigenvalue weighted by atomic mass is 10.1. The highest BCUT2D eigenvalue weighted by atomic mass is 31.2. The fourth-order valence-corrected chi connectivity index (χ4v) is 3.86. The van der Waals surface area contributed by atoms with Gasteiger partial charge in [-0.3, -0.25) is 29.6 Å². The van der Waals surface area contributed by atoms with E-state index in [9.17, 15) is 38.8 Å². The molecule has 0 saturated carbocycles. The Bertz CT molecular complexity index is 1340. The molecule has 0 saturated heterocycles. The molecular weight excluding hydrogens is 435 g/mol. The number of nitro benzene ring substituents is 1. The van der Waals surface area contributed by atoms with Crippen molar-refractivity contribution in [3.8, 4) is 0 Å². The number of nitro groups is 1. The van der Waals surface area contributed by atoms with E-state index in [2.05, 4.69) is 15.3 Å². The number of rotatable bonds is 7. The minimum Gasteiger partial charge on any atom is -0.478 e. The molecule has 3 rings (SSSR count). The SMILES string of the molecule is O=C(O)c1ccc(C(NCc2cc([N+](=O)[O-])cc3[nH]c(=O)c(=O)[nH]c23)P(=O)(O)O)cc1. The number of non-ortho nitro benzene ring substituents is 1. The van der Waals surface area contributed by atoms with Gasteiger partial charge >= 0.3 is 24.7 Å². The summed E-state index contributed by atoms with van der Waals surface area (Å²) in [7, 11) is -4.80. The highest BCUT2D eigenvalue weighted by molar-refractivity contribution is 7.52. The molecular formula is C17H15N4O9P. The highest BCUT2D eigenvalue weighted by Crippen LogP contribution is 2.50. The van der Waals surface area contributed by atoms with Gasteiger partial charge in [-0.15, -0.1) is 0 Å². The molecule has 1 heterocycles. The Hall–Kier alpha value is -3.64. The van der Waals surface area contributed by atoms with Gasteiger partial charge in [0.2, 0.25) is 0 Å². The number of H-pyrrole nitrogens is 2. The van der Waals surface area contributed by atoms with E-state index in [4.69, 9.17) is 5.11 Å². The van der Waals surface area contributed by atoms with Crippen LogP contribution < -0.4 is 16.4 Å². The van der Waals surface area contributed by atoms with Crippen LogP contribution in [-0.4, -0.2) is 35.8 Å². The number of benzene rings is 2. The third-order valence-electron chi connectivity index (χ3n) is 4.40. The number of hydrogen-bond acceptors (Lipinski definition) is 7. The number of fused-ring (bicyclic) bond motifs is 1. The standard InChI is InChI=1S/C17H15N4O9P/c22-14-15(23)20-13-10(5-11(21(26)27)6-12(13)19-14)7-18-16(31(28,29)30)8-1-3-9(4-2-8)17(24)25/h1-6,16,18H,7H2,(H,19,22)(H,20,23)(H,24,25)(H2,28,29,30). The maximum atomic E-state index is 12.0. The van der Waals surface area contributed by atoms with Crippen molar-refractivity contribution in [3.63, 3.8) is 0 Å². The Kier molecular flexibility index (Phi) is 5.86. The Morgan fingerprint density at radius 3 is 2.29 bits per heavy atom. The molecule has 3 aromatic rings. The van der Waals surface area contributed by atoms with Gasteiger partial charge in [0.15, 0.2) is 0 Å². The van der Waals surface area contributed by atoms with Crippen LogP contribution in [-0.2, 0) is 11.1 Å². The van der Waals surface area contributed by atoms with Crippen molar-refractivity contribution in [2.45, 2.75) is 12.3 Å². The molecule has 0 amide bonds. The molecule has 14 heteroatoms. The number of carboxylic acids is 1. The fourth-order valence-electron chi connectivity index (χ4n) is 2.97. The fraction of sp³-hybridized carbons (Fsp3) is 0.118. The zero-order chi connectivity index (χ0) is 22.9. The molecule has 1 unspecified atom stereocenters. The molecule has 0 aliphatic carbocycles. The van der Waals surface area contributed by atoms with Crippen LogP contribution in [0.2, 0.25) is 0 Å². The lowest BCUT2D eigenvalue weighted by Gasteiger charge is -2.21. The summed E-state index contributed by atoms with van der Waals surface area (Å²) in [5.41, 5.74) is -2.32. The number of carboxylic acid groups (broad SMARTS) is 1. The smallest absolute Gasteiger partial charge is 0.346 e. The first-order chi connectivity index (χ1) is 14.5. The minimum atomic E-state index is -4.80. The van der Waals surface area contributed by atoms with Gasteiger partial charge in [0.05, 0.1) is 21.5 Å². The molecule has 0 radical (unpaired) electrons. The molecule has 31 heavy (non-hydrogen) atoms. The minimum absolute atomic E-state index is 0.0332. The van der Waals surface area contributed by atoms with E-state index in [0.717, 1.165) is 12.1 Å². The van der Waals surface area contributed by atoms with E-state index < -0.39 is 41.1 Å². The molecule has 1 aromatic heterocycles. The molecule has 0 aliphatic rings. The number of nitrogens with zero attached hydrogens (tertiary/aromatic N) is 1. The summed E-state index contributed by atoms with van der Waals surface area (Å²) in [6, 6.07) is 6.94. The molecule has 0 aliphatic heterocycles. The van der Waals surface area contributed by atoms with Crippen molar-refractivity contribution >= 4 is 30.3 Å². The zero-order valence-corrected chi connectivity index (χ0v) is 16.3. The predicted molar refractivity (Wildman–Crippen MR) is 107 cm³/mol. The third kappa shape index (κ3) is 4.75. The number of aromatic nitrogens is 2. The first kappa shape index (κ1) is 22.1. The Balaban J connectivity index is 2.03. The van der Waals surface area contributed by atoms with Gasteiger partial charge in [-0.2, -0.15) is 0 Å². The van der Waals surface area contributed by atoms with E-state index in [1.807, 2.05) is 0 Å². The maximum absolute atomic E-state index is 12.0. The van der Waals surface area contributed by atoms with Crippen LogP contribution in [0.15, 0.2) is 46.0 Å². The van der Waals surface area contributed by atoms with Crippen molar-refractivity contribution in [1.29, 1.82) is 0 Å². The highest BCUT2D eigenvalue weighted by Gasteiger charge is 2.30. The monoisotopic (exact) mass is 450 g/mol. The Labute approximate surface area is 171 Å². The molecule has 162 valence electrons. The summed E-state index contributed by atoms with van der Waals surface area (Å²) in [5, 5.41) is 22.8. The maximum Gasteiger partial charge on any atom is 0.346 e. The Morgan fingerprint density at radius 1 is 1.13 bits per heavy atom. The average Bonchev–Trinajstić information content (AvgIpc) is 2.68. The quantitative estimate of drug-likeness (QED) is 0.129. The molecule has 0 bridgehead atoms.